The number of aliphatic hydroxyl groups is 3. The second-order valence-corrected chi connectivity index (χ2v) is 5.49. The third-order valence-corrected chi connectivity index (χ3v) is 4.26. The number of halogens is 1. The lowest BCUT2D eigenvalue weighted by Crippen LogP contribution is -2.34. The van der Waals surface area contributed by atoms with Crippen LogP contribution in [0.5, 0.6) is 0 Å². The number of hydrogen-bond acceptors (Lipinski definition) is 4. The number of pyridine rings is 1. The molecule has 5 nitrogen and oxygen atoms in total. The molecule has 0 saturated heterocycles. The highest BCUT2D eigenvalue weighted by Gasteiger charge is 2.42. The first-order valence-electron chi connectivity index (χ1n) is 6.80. The van der Waals surface area contributed by atoms with Crippen molar-refractivity contribution in [1.82, 2.24) is 4.57 Å². The fraction of sp³-hybridized carbons (Fsp3) is 0.400. The van der Waals surface area contributed by atoms with Gasteiger partial charge in [-0.15, -0.1) is 0 Å². The van der Waals surface area contributed by atoms with Crippen LogP contribution in [0.3, 0.4) is 0 Å². The summed E-state index contributed by atoms with van der Waals surface area (Å²) in [6, 6.07) is 5.00. The summed E-state index contributed by atoms with van der Waals surface area (Å²) in [6.07, 6.45) is -0.386. The van der Waals surface area contributed by atoms with Crippen molar-refractivity contribution in [1.29, 1.82) is 0 Å². The molecule has 0 bridgehead atoms. The fourth-order valence-corrected chi connectivity index (χ4v) is 3.04. The number of aromatic nitrogens is 1. The molecule has 1 aliphatic carbocycles. The molecule has 1 aromatic carbocycles. The van der Waals surface area contributed by atoms with Crippen molar-refractivity contribution in [3.63, 3.8) is 0 Å². The van der Waals surface area contributed by atoms with Crippen LogP contribution in [0.25, 0.3) is 10.8 Å². The monoisotopic (exact) mass is 293 g/mol. The maximum absolute atomic E-state index is 13.3. The summed E-state index contributed by atoms with van der Waals surface area (Å²) < 4.78 is 14.6. The average Bonchev–Trinajstić information content (AvgIpc) is 2.76. The van der Waals surface area contributed by atoms with Gasteiger partial charge in [0.2, 0.25) is 0 Å². The molecule has 1 heterocycles. The van der Waals surface area contributed by atoms with Gasteiger partial charge in [0.1, 0.15) is 11.9 Å². The molecule has 1 aromatic heterocycles. The summed E-state index contributed by atoms with van der Waals surface area (Å²) in [6.45, 7) is -0.258. The zero-order chi connectivity index (χ0) is 15.1. The van der Waals surface area contributed by atoms with Gasteiger partial charge in [-0.3, -0.25) is 4.79 Å². The molecule has 0 unspecified atom stereocenters. The summed E-state index contributed by atoms with van der Waals surface area (Å²) >= 11 is 0. The SMILES string of the molecule is O=c1c2cc(F)ccc2ccn1[C@@H]1C[C@H](CO)[C@@H](O)[C@H]1O. The molecule has 1 saturated carbocycles. The molecule has 0 spiro atoms. The summed E-state index contributed by atoms with van der Waals surface area (Å²) in [7, 11) is 0. The van der Waals surface area contributed by atoms with Crippen molar-refractivity contribution >= 4 is 10.8 Å². The van der Waals surface area contributed by atoms with Gasteiger partial charge in [0.25, 0.3) is 5.56 Å². The number of fused-ring (bicyclic) bond motifs is 1. The van der Waals surface area contributed by atoms with Crippen molar-refractivity contribution < 1.29 is 19.7 Å². The zero-order valence-electron chi connectivity index (χ0n) is 11.2. The smallest absolute Gasteiger partial charge is 0.258 e. The number of hydrogen-bond donors (Lipinski definition) is 3. The predicted octanol–water partition coefficient (Wildman–Crippen LogP) is 0.416. The molecular weight excluding hydrogens is 277 g/mol. The Labute approximate surface area is 119 Å². The molecule has 3 rings (SSSR count). The highest BCUT2D eigenvalue weighted by Crippen LogP contribution is 2.34. The Morgan fingerprint density at radius 1 is 1.24 bits per heavy atom. The van der Waals surface area contributed by atoms with Crippen LogP contribution in [0.15, 0.2) is 35.3 Å². The van der Waals surface area contributed by atoms with E-state index >= 15 is 0 Å². The molecule has 4 atom stereocenters. The lowest BCUT2D eigenvalue weighted by atomic mass is 10.1. The Morgan fingerprint density at radius 2 is 2.00 bits per heavy atom. The second kappa shape index (κ2) is 5.22. The van der Waals surface area contributed by atoms with E-state index in [9.17, 15) is 24.5 Å². The molecule has 6 heteroatoms. The normalized spacial score (nSPS) is 29.1. The largest absolute Gasteiger partial charge is 0.396 e. The van der Waals surface area contributed by atoms with Gasteiger partial charge >= 0.3 is 0 Å². The first kappa shape index (κ1) is 14.2. The second-order valence-electron chi connectivity index (χ2n) is 5.49. The Morgan fingerprint density at radius 3 is 2.67 bits per heavy atom. The quantitative estimate of drug-likeness (QED) is 0.749. The van der Waals surface area contributed by atoms with E-state index in [0.717, 1.165) is 6.07 Å². The van der Waals surface area contributed by atoms with Crippen LogP contribution in [0, 0.1) is 11.7 Å². The molecule has 2 aromatic rings. The molecule has 112 valence electrons. The summed E-state index contributed by atoms with van der Waals surface area (Å²) in [5.74, 6) is -0.974. The van der Waals surface area contributed by atoms with Crippen molar-refractivity contribution in [2.24, 2.45) is 5.92 Å². The van der Waals surface area contributed by atoms with Crippen LogP contribution in [0.1, 0.15) is 12.5 Å². The number of aliphatic hydroxyl groups excluding tert-OH is 3. The van der Waals surface area contributed by atoms with Crippen LogP contribution in [0.2, 0.25) is 0 Å². The molecule has 1 fully saturated rings. The lowest BCUT2D eigenvalue weighted by Gasteiger charge is -2.19. The molecule has 0 aliphatic heterocycles. The highest BCUT2D eigenvalue weighted by atomic mass is 19.1. The van der Waals surface area contributed by atoms with Crippen molar-refractivity contribution in [3.05, 3.63) is 46.6 Å². The number of benzene rings is 1. The van der Waals surface area contributed by atoms with Gasteiger partial charge in [-0.1, -0.05) is 6.07 Å². The van der Waals surface area contributed by atoms with E-state index in [1.54, 1.807) is 6.07 Å². The minimum atomic E-state index is -1.13. The Hall–Kier alpha value is -1.76. The Balaban J connectivity index is 2.09. The first-order chi connectivity index (χ1) is 10.0. The van der Waals surface area contributed by atoms with Gasteiger partial charge < -0.3 is 19.9 Å². The summed E-state index contributed by atoms with van der Waals surface area (Å²) in [4.78, 5) is 12.5. The van der Waals surface area contributed by atoms with E-state index < -0.39 is 35.5 Å². The summed E-state index contributed by atoms with van der Waals surface area (Å²) in [5, 5.41) is 30.0. The van der Waals surface area contributed by atoms with Gasteiger partial charge in [-0.2, -0.15) is 0 Å². The van der Waals surface area contributed by atoms with Gasteiger partial charge in [-0.05, 0) is 30.0 Å². The number of nitrogens with zero attached hydrogens (tertiary/aromatic N) is 1. The maximum Gasteiger partial charge on any atom is 0.258 e. The molecular formula is C15H16FNO4. The van der Waals surface area contributed by atoms with E-state index in [1.165, 1.54) is 22.9 Å². The van der Waals surface area contributed by atoms with Crippen molar-refractivity contribution in [2.75, 3.05) is 6.61 Å². The summed E-state index contributed by atoms with van der Waals surface area (Å²) in [5.41, 5.74) is -0.415. The molecule has 0 radical (unpaired) electrons. The third-order valence-electron chi connectivity index (χ3n) is 4.26. The average molecular weight is 293 g/mol. The minimum Gasteiger partial charge on any atom is -0.396 e. The molecule has 0 amide bonds. The van der Waals surface area contributed by atoms with Crippen LogP contribution in [0.4, 0.5) is 4.39 Å². The van der Waals surface area contributed by atoms with Gasteiger partial charge in [-0.25, -0.2) is 4.39 Å². The molecule has 3 N–H and O–H groups in total. The van der Waals surface area contributed by atoms with Crippen LogP contribution < -0.4 is 5.56 Å². The topological polar surface area (TPSA) is 82.7 Å². The van der Waals surface area contributed by atoms with Crippen molar-refractivity contribution in [2.45, 2.75) is 24.7 Å². The Kier molecular flexibility index (Phi) is 3.52. The van der Waals surface area contributed by atoms with Crippen LogP contribution in [-0.4, -0.2) is 38.7 Å². The van der Waals surface area contributed by atoms with E-state index in [0.29, 0.717) is 11.8 Å². The first-order valence-corrected chi connectivity index (χ1v) is 6.80. The molecule has 21 heavy (non-hydrogen) atoms. The molecule has 1 aliphatic rings. The number of rotatable bonds is 2. The van der Waals surface area contributed by atoms with Crippen LogP contribution >= 0.6 is 0 Å². The van der Waals surface area contributed by atoms with E-state index in [1.807, 2.05) is 0 Å². The standard InChI is InChI=1S/C15H16FNO4/c16-10-2-1-8-3-4-17(15(21)11(8)6-10)12-5-9(7-18)13(19)14(12)20/h1-4,6,9,12-14,18-20H,5,7H2/t9-,12-,13-,14+/m1/s1. The Bertz CT molecular complexity index is 729. The predicted molar refractivity (Wildman–Crippen MR) is 74.4 cm³/mol. The van der Waals surface area contributed by atoms with E-state index in [-0.39, 0.29) is 12.0 Å². The lowest BCUT2D eigenvalue weighted by molar-refractivity contribution is -0.00436. The maximum atomic E-state index is 13.3. The minimum absolute atomic E-state index is 0.228. The van der Waals surface area contributed by atoms with E-state index in [2.05, 4.69) is 0 Å². The van der Waals surface area contributed by atoms with Gasteiger partial charge in [0.05, 0.1) is 17.5 Å². The van der Waals surface area contributed by atoms with Gasteiger partial charge in [0, 0.05) is 18.7 Å². The zero-order valence-corrected chi connectivity index (χ0v) is 11.2. The van der Waals surface area contributed by atoms with Gasteiger partial charge in [0.15, 0.2) is 0 Å². The fourth-order valence-electron chi connectivity index (χ4n) is 3.04. The van der Waals surface area contributed by atoms with E-state index in [4.69, 9.17) is 0 Å². The van der Waals surface area contributed by atoms with Crippen molar-refractivity contribution in [3.8, 4) is 0 Å². The third kappa shape index (κ3) is 2.25. The highest BCUT2D eigenvalue weighted by molar-refractivity contribution is 5.81. The van der Waals surface area contributed by atoms with Crippen LogP contribution in [-0.2, 0) is 0 Å².